The van der Waals surface area contributed by atoms with Gasteiger partial charge in [-0.2, -0.15) is 0 Å². The minimum absolute atomic E-state index is 0.394. The molecule has 0 aromatic rings. The predicted molar refractivity (Wildman–Crippen MR) is 82.7 cm³/mol. The molecular weight excluding hydrogens is 246 g/mol. The van der Waals surface area contributed by atoms with Crippen LogP contribution in [0, 0.1) is 11.8 Å². The van der Waals surface area contributed by atoms with Gasteiger partial charge in [-0.1, -0.05) is 38.5 Å². The Balaban J connectivity index is 1.47. The fourth-order valence-corrected chi connectivity index (χ4v) is 4.91. The molecule has 2 nitrogen and oxygen atoms in total. The van der Waals surface area contributed by atoms with E-state index in [0.717, 1.165) is 25.2 Å². The lowest BCUT2D eigenvalue weighted by Crippen LogP contribution is -2.51. The van der Waals surface area contributed by atoms with E-state index in [4.69, 9.17) is 0 Å². The summed E-state index contributed by atoms with van der Waals surface area (Å²) in [6.45, 7) is 0. The summed E-state index contributed by atoms with van der Waals surface area (Å²) in [6, 6.07) is 1.40. The number of hydrogen-bond donors (Lipinski definition) is 0. The molecule has 20 heavy (non-hydrogen) atoms. The molecule has 3 rings (SSSR count). The predicted octanol–water partition coefficient (Wildman–Crippen LogP) is 4.18. The van der Waals surface area contributed by atoms with E-state index in [0.29, 0.717) is 23.8 Å². The number of hydrogen-bond acceptors (Lipinski definition) is 2. The van der Waals surface area contributed by atoms with Crippen molar-refractivity contribution in [2.24, 2.45) is 11.8 Å². The fourth-order valence-electron chi connectivity index (χ4n) is 4.91. The van der Waals surface area contributed by atoms with Crippen molar-refractivity contribution in [1.29, 1.82) is 0 Å². The van der Waals surface area contributed by atoms with E-state index in [1.54, 1.807) is 0 Å². The number of fused-ring (bicyclic) bond motifs is 2. The second-order valence-electron chi connectivity index (χ2n) is 7.58. The zero-order valence-corrected chi connectivity index (χ0v) is 13.2. The maximum absolute atomic E-state index is 12.6. The Morgan fingerprint density at radius 1 is 0.950 bits per heavy atom. The molecule has 2 bridgehead atoms. The third-order valence-corrected chi connectivity index (χ3v) is 6.32. The summed E-state index contributed by atoms with van der Waals surface area (Å²) in [5.41, 5.74) is 0. The highest BCUT2D eigenvalue weighted by Crippen LogP contribution is 2.37. The summed E-state index contributed by atoms with van der Waals surface area (Å²) in [7, 11) is 2.28. The maximum Gasteiger partial charge on any atom is 0.136 e. The molecule has 0 N–H and O–H groups in total. The highest BCUT2D eigenvalue weighted by Gasteiger charge is 2.38. The van der Waals surface area contributed by atoms with Gasteiger partial charge in [-0.15, -0.1) is 0 Å². The molecule has 0 radical (unpaired) electrons. The molecule has 2 atom stereocenters. The van der Waals surface area contributed by atoms with Crippen LogP contribution in [0.1, 0.15) is 77.0 Å². The third kappa shape index (κ3) is 3.27. The van der Waals surface area contributed by atoms with Crippen molar-refractivity contribution in [3.05, 3.63) is 0 Å². The number of nitrogens with zero attached hydrogens (tertiary/aromatic N) is 1. The molecule has 0 amide bonds. The zero-order chi connectivity index (χ0) is 13.9. The Morgan fingerprint density at radius 2 is 1.60 bits per heavy atom. The summed E-state index contributed by atoms with van der Waals surface area (Å²) in [6.07, 6.45) is 15.3. The molecule has 0 spiro atoms. The van der Waals surface area contributed by atoms with Gasteiger partial charge >= 0.3 is 0 Å². The van der Waals surface area contributed by atoms with Gasteiger partial charge in [-0.25, -0.2) is 0 Å². The third-order valence-electron chi connectivity index (χ3n) is 6.32. The van der Waals surface area contributed by atoms with Gasteiger partial charge in [0.25, 0.3) is 0 Å². The van der Waals surface area contributed by atoms with Crippen LogP contribution in [-0.2, 0) is 4.79 Å². The number of piperidine rings is 2. The van der Waals surface area contributed by atoms with Crippen LogP contribution in [0.3, 0.4) is 0 Å². The van der Waals surface area contributed by atoms with Crippen LogP contribution in [0.4, 0.5) is 0 Å². The van der Waals surface area contributed by atoms with Crippen LogP contribution in [-0.4, -0.2) is 29.8 Å². The standard InChI is InChI=1S/C18H31NO/c1-19-16-8-5-9-17(19)13-15(12-16)18(20)11-10-14-6-3-2-4-7-14/h14-17H,2-13H2,1H3. The van der Waals surface area contributed by atoms with Crippen molar-refractivity contribution in [2.75, 3.05) is 7.05 Å². The van der Waals surface area contributed by atoms with Crippen LogP contribution >= 0.6 is 0 Å². The second-order valence-corrected chi connectivity index (χ2v) is 7.58. The van der Waals surface area contributed by atoms with E-state index >= 15 is 0 Å². The van der Waals surface area contributed by atoms with Gasteiger partial charge in [-0.3, -0.25) is 4.79 Å². The zero-order valence-electron chi connectivity index (χ0n) is 13.2. The maximum atomic E-state index is 12.6. The van der Waals surface area contributed by atoms with E-state index < -0.39 is 0 Å². The lowest BCUT2D eigenvalue weighted by molar-refractivity contribution is -0.127. The normalized spacial score (nSPS) is 36.0. The Bertz CT molecular complexity index is 320. The number of carbonyl (C=O) groups excluding carboxylic acids is 1. The van der Waals surface area contributed by atoms with Crippen LogP contribution in [0.25, 0.3) is 0 Å². The Hall–Kier alpha value is -0.370. The first kappa shape index (κ1) is 14.6. The van der Waals surface area contributed by atoms with Crippen LogP contribution < -0.4 is 0 Å². The molecule has 2 aliphatic heterocycles. The molecule has 2 heterocycles. The lowest BCUT2D eigenvalue weighted by atomic mass is 9.75. The van der Waals surface area contributed by atoms with Crippen LogP contribution in [0.5, 0.6) is 0 Å². The van der Waals surface area contributed by atoms with Crippen molar-refractivity contribution < 1.29 is 4.79 Å². The molecule has 114 valence electrons. The first-order valence-corrected chi connectivity index (χ1v) is 8.98. The van der Waals surface area contributed by atoms with Gasteiger partial charge in [0, 0.05) is 24.4 Å². The average Bonchev–Trinajstić information content (AvgIpc) is 2.45. The van der Waals surface area contributed by atoms with Gasteiger partial charge in [-0.05, 0) is 45.1 Å². The Kier molecular flexibility index (Phi) is 4.80. The van der Waals surface area contributed by atoms with Gasteiger partial charge in [0.2, 0.25) is 0 Å². The van der Waals surface area contributed by atoms with Gasteiger partial charge in [0.1, 0.15) is 5.78 Å². The number of Topliss-reactive ketones (excluding diaryl/α,β-unsaturated/α-hetero) is 1. The summed E-state index contributed by atoms with van der Waals surface area (Å²) >= 11 is 0. The molecule has 0 aromatic heterocycles. The molecule has 1 aliphatic carbocycles. The lowest BCUT2D eigenvalue weighted by Gasteiger charge is -2.46. The van der Waals surface area contributed by atoms with Gasteiger partial charge in [0.15, 0.2) is 0 Å². The van der Waals surface area contributed by atoms with Crippen molar-refractivity contribution in [3.63, 3.8) is 0 Å². The van der Waals surface area contributed by atoms with E-state index in [9.17, 15) is 4.79 Å². The summed E-state index contributed by atoms with van der Waals surface area (Å²) in [5, 5.41) is 0. The first-order chi connectivity index (χ1) is 9.74. The number of ketones is 1. The van der Waals surface area contributed by atoms with Crippen molar-refractivity contribution in [2.45, 2.75) is 89.1 Å². The SMILES string of the molecule is CN1C2CCCC1CC(C(=O)CCC1CCCCC1)C2. The van der Waals surface area contributed by atoms with E-state index in [1.165, 1.54) is 57.8 Å². The number of rotatable bonds is 4. The smallest absolute Gasteiger partial charge is 0.136 e. The fraction of sp³-hybridized carbons (Fsp3) is 0.944. The first-order valence-electron chi connectivity index (χ1n) is 8.98. The van der Waals surface area contributed by atoms with Crippen molar-refractivity contribution >= 4 is 5.78 Å². The molecule has 2 unspecified atom stereocenters. The van der Waals surface area contributed by atoms with Crippen LogP contribution in [0.2, 0.25) is 0 Å². The molecule has 2 heteroatoms. The summed E-state index contributed by atoms with van der Waals surface area (Å²) in [4.78, 5) is 15.1. The second kappa shape index (κ2) is 6.60. The van der Waals surface area contributed by atoms with E-state index in [1.807, 2.05) is 0 Å². The molecule has 2 saturated heterocycles. The molecular formula is C18H31NO. The van der Waals surface area contributed by atoms with Crippen molar-refractivity contribution in [3.8, 4) is 0 Å². The topological polar surface area (TPSA) is 20.3 Å². The largest absolute Gasteiger partial charge is 0.300 e. The monoisotopic (exact) mass is 277 g/mol. The van der Waals surface area contributed by atoms with E-state index in [2.05, 4.69) is 11.9 Å². The van der Waals surface area contributed by atoms with Gasteiger partial charge in [0.05, 0.1) is 0 Å². The highest BCUT2D eigenvalue weighted by atomic mass is 16.1. The van der Waals surface area contributed by atoms with E-state index in [-0.39, 0.29) is 0 Å². The van der Waals surface area contributed by atoms with Crippen LogP contribution in [0.15, 0.2) is 0 Å². The average molecular weight is 277 g/mol. The minimum atomic E-state index is 0.394. The summed E-state index contributed by atoms with van der Waals surface area (Å²) in [5.74, 6) is 1.85. The molecule has 3 fully saturated rings. The molecule has 3 aliphatic rings. The molecule has 0 aromatic carbocycles. The minimum Gasteiger partial charge on any atom is -0.300 e. The van der Waals surface area contributed by atoms with Gasteiger partial charge < -0.3 is 4.90 Å². The Morgan fingerprint density at radius 3 is 2.25 bits per heavy atom. The van der Waals surface area contributed by atoms with Crippen molar-refractivity contribution in [1.82, 2.24) is 4.90 Å². The summed E-state index contributed by atoms with van der Waals surface area (Å²) < 4.78 is 0. The Labute approximate surface area is 124 Å². The quantitative estimate of drug-likeness (QED) is 0.768. The highest BCUT2D eigenvalue weighted by molar-refractivity contribution is 5.81. The molecule has 1 saturated carbocycles. The number of carbonyl (C=O) groups is 1.